The van der Waals surface area contributed by atoms with Gasteiger partial charge in [0.2, 0.25) is 0 Å². The summed E-state index contributed by atoms with van der Waals surface area (Å²) in [5.74, 6) is 2.47. The van der Waals surface area contributed by atoms with Crippen molar-refractivity contribution in [3.8, 4) is 22.6 Å². The fourth-order valence-electron chi connectivity index (χ4n) is 3.28. The first-order valence-electron chi connectivity index (χ1n) is 9.44. The Morgan fingerprint density at radius 3 is 2.50 bits per heavy atom. The predicted octanol–water partition coefficient (Wildman–Crippen LogP) is 5.12. The summed E-state index contributed by atoms with van der Waals surface area (Å²) < 4.78 is 10.9. The molecule has 2 aromatic heterocycles. The molecule has 28 heavy (non-hydrogen) atoms. The zero-order chi connectivity index (χ0) is 20.1. The Hall–Kier alpha value is -1.83. The molecule has 3 rings (SSSR count). The summed E-state index contributed by atoms with van der Waals surface area (Å²) >= 11 is 3.52. The number of aryl methyl sites for hydroxylation is 1. The standard InChI is InChI=1S/C21H27N3O2S2/c1-6-24(7-2)10-11-27-20-19-18(14(3)28-21(19)23-13-22-20)15-8-9-16(25-4)17(12-15)26-5/h8-9,12-13H,6-7,10-11H2,1-5H3. The molecule has 7 heteroatoms. The van der Waals surface area contributed by atoms with Gasteiger partial charge >= 0.3 is 0 Å². The summed E-state index contributed by atoms with van der Waals surface area (Å²) in [6.45, 7) is 9.75. The maximum Gasteiger partial charge on any atom is 0.161 e. The van der Waals surface area contributed by atoms with E-state index in [4.69, 9.17) is 9.47 Å². The van der Waals surface area contributed by atoms with Crippen LogP contribution in [0.3, 0.4) is 0 Å². The maximum absolute atomic E-state index is 5.51. The van der Waals surface area contributed by atoms with Crippen LogP contribution in [-0.4, -0.2) is 54.5 Å². The first kappa shape index (κ1) is 20.9. The van der Waals surface area contributed by atoms with E-state index in [1.807, 2.05) is 12.1 Å². The van der Waals surface area contributed by atoms with Gasteiger partial charge < -0.3 is 14.4 Å². The smallest absolute Gasteiger partial charge is 0.161 e. The molecule has 0 aliphatic carbocycles. The van der Waals surface area contributed by atoms with E-state index < -0.39 is 0 Å². The fraction of sp³-hybridized carbons (Fsp3) is 0.429. The van der Waals surface area contributed by atoms with Crippen LogP contribution in [0.1, 0.15) is 18.7 Å². The first-order chi connectivity index (χ1) is 13.6. The molecule has 0 amide bonds. The third-order valence-corrected chi connectivity index (χ3v) is 6.83. The number of fused-ring (bicyclic) bond motifs is 1. The summed E-state index contributed by atoms with van der Waals surface area (Å²) in [7, 11) is 3.32. The lowest BCUT2D eigenvalue weighted by atomic mass is 10.0. The number of ether oxygens (including phenoxy) is 2. The molecule has 0 unspecified atom stereocenters. The molecule has 1 aromatic carbocycles. The van der Waals surface area contributed by atoms with Crippen molar-refractivity contribution in [3.63, 3.8) is 0 Å². The quantitative estimate of drug-likeness (QED) is 0.356. The van der Waals surface area contributed by atoms with Crippen molar-refractivity contribution < 1.29 is 9.47 Å². The number of hydrogen-bond donors (Lipinski definition) is 0. The number of hydrogen-bond acceptors (Lipinski definition) is 7. The van der Waals surface area contributed by atoms with Gasteiger partial charge in [-0.05, 0) is 37.7 Å². The van der Waals surface area contributed by atoms with Gasteiger partial charge in [0.1, 0.15) is 16.2 Å². The highest BCUT2D eigenvalue weighted by molar-refractivity contribution is 7.99. The van der Waals surface area contributed by atoms with Gasteiger partial charge in [-0.25, -0.2) is 9.97 Å². The van der Waals surface area contributed by atoms with Crippen molar-refractivity contribution in [1.29, 1.82) is 0 Å². The molecule has 0 saturated carbocycles. The lowest BCUT2D eigenvalue weighted by Gasteiger charge is -2.17. The van der Waals surface area contributed by atoms with Crippen LogP contribution in [-0.2, 0) is 0 Å². The van der Waals surface area contributed by atoms with E-state index in [1.54, 1.807) is 43.6 Å². The average molecular weight is 418 g/mol. The van der Waals surface area contributed by atoms with E-state index in [-0.39, 0.29) is 0 Å². The van der Waals surface area contributed by atoms with Crippen LogP contribution in [0.15, 0.2) is 29.6 Å². The molecule has 0 N–H and O–H groups in total. The number of thiophene rings is 1. The molecule has 0 bridgehead atoms. The van der Waals surface area contributed by atoms with Crippen LogP contribution in [0.25, 0.3) is 21.3 Å². The van der Waals surface area contributed by atoms with E-state index in [9.17, 15) is 0 Å². The van der Waals surface area contributed by atoms with Gasteiger partial charge in [-0.2, -0.15) is 0 Å². The highest BCUT2D eigenvalue weighted by Crippen LogP contribution is 2.43. The molecular formula is C21H27N3O2S2. The number of methoxy groups -OCH3 is 2. The second-order valence-electron chi connectivity index (χ2n) is 6.34. The minimum absolute atomic E-state index is 0.728. The first-order valence-corrected chi connectivity index (χ1v) is 11.2. The summed E-state index contributed by atoms with van der Waals surface area (Å²) in [5.41, 5.74) is 2.29. The topological polar surface area (TPSA) is 47.5 Å². The van der Waals surface area contributed by atoms with E-state index in [2.05, 4.69) is 41.7 Å². The Kier molecular flexibility index (Phi) is 7.15. The number of thioether (sulfide) groups is 1. The van der Waals surface area contributed by atoms with Crippen molar-refractivity contribution in [2.45, 2.75) is 25.8 Å². The van der Waals surface area contributed by atoms with Crippen molar-refractivity contribution in [2.75, 3.05) is 39.6 Å². The molecule has 3 aromatic rings. The summed E-state index contributed by atoms with van der Waals surface area (Å²) in [6.07, 6.45) is 1.68. The molecule has 0 spiro atoms. The fourth-order valence-corrected chi connectivity index (χ4v) is 5.36. The Morgan fingerprint density at radius 1 is 1.07 bits per heavy atom. The second-order valence-corrected chi connectivity index (χ2v) is 8.62. The molecule has 0 aliphatic heterocycles. The normalized spacial score (nSPS) is 11.4. The van der Waals surface area contributed by atoms with E-state index in [0.29, 0.717) is 0 Å². The number of nitrogens with zero attached hydrogens (tertiary/aromatic N) is 3. The van der Waals surface area contributed by atoms with Crippen molar-refractivity contribution >= 4 is 33.3 Å². The van der Waals surface area contributed by atoms with Gasteiger partial charge in [-0.15, -0.1) is 23.1 Å². The van der Waals surface area contributed by atoms with Crippen LogP contribution in [0, 0.1) is 6.92 Å². The lowest BCUT2D eigenvalue weighted by Crippen LogP contribution is -2.25. The Morgan fingerprint density at radius 2 is 1.82 bits per heavy atom. The van der Waals surface area contributed by atoms with E-state index in [1.165, 1.54) is 10.4 Å². The Balaban J connectivity index is 2.00. The van der Waals surface area contributed by atoms with Gasteiger partial charge in [0.05, 0.1) is 19.6 Å². The molecule has 0 atom stereocenters. The SMILES string of the molecule is CCN(CC)CCSc1ncnc2sc(C)c(-c3ccc(OC)c(OC)c3)c12. The molecule has 150 valence electrons. The van der Waals surface area contributed by atoms with Crippen molar-refractivity contribution in [2.24, 2.45) is 0 Å². The predicted molar refractivity (Wildman–Crippen MR) is 119 cm³/mol. The molecule has 0 fully saturated rings. The zero-order valence-electron chi connectivity index (χ0n) is 17.1. The van der Waals surface area contributed by atoms with Gasteiger partial charge in [0, 0.05) is 22.7 Å². The van der Waals surface area contributed by atoms with Gasteiger partial charge in [-0.3, -0.25) is 0 Å². The van der Waals surface area contributed by atoms with Gasteiger partial charge in [-0.1, -0.05) is 19.9 Å². The molecule has 0 aliphatic rings. The second kappa shape index (κ2) is 9.58. The molecule has 2 heterocycles. The molecule has 5 nitrogen and oxygen atoms in total. The number of aromatic nitrogens is 2. The number of rotatable bonds is 9. The summed E-state index contributed by atoms with van der Waals surface area (Å²) in [5, 5.41) is 2.19. The van der Waals surface area contributed by atoms with Gasteiger partial charge in [0.25, 0.3) is 0 Å². The third kappa shape index (κ3) is 4.26. The third-order valence-electron chi connectivity index (χ3n) is 4.84. The average Bonchev–Trinajstić information content (AvgIpc) is 3.07. The Bertz CT molecular complexity index is 939. The largest absolute Gasteiger partial charge is 0.493 e. The monoisotopic (exact) mass is 417 g/mol. The van der Waals surface area contributed by atoms with Crippen LogP contribution in [0.5, 0.6) is 11.5 Å². The van der Waals surface area contributed by atoms with Crippen molar-refractivity contribution in [1.82, 2.24) is 14.9 Å². The van der Waals surface area contributed by atoms with Crippen LogP contribution >= 0.6 is 23.1 Å². The molecule has 0 radical (unpaired) electrons. The Labute approximate surface area is 175 Å². The van der Waals surface area contributed by atoms with E-state index >= 15 is 0 Å². The number of benzene rings is 1. The van der Waals surface area contributed by atoms with Gasteiger partial charge in [0.15, 0.2) is 11.5 Å². The maximum atomic E-state index is 5.51. The van der Waals surface area contributed by atoms with Crippen LogP contribution < -0.4 is 9.47 Å². The minimum Gasteiger partial charge on any atom is -0.493 e. The van der Waals surface area contributed by atoms with E-state index in [0.717, 1.165) is 57.7 Å². The molecular weight excluding hydrogens is 390 g/mol. The van der Waals surface area contributed by atoms with Crippen molar-refractivity contribution in [3.05, 3.63) is 29.4 Å². The zero-order valence-corrected chi connectivity index (χ0v) is 18.7. The summed E-state index contributed by atoms with van der Waals surface area (Å²) in [4.78, 5) is 13.8. The lowest BCUT2D eigenvalue weighted by molar-refractivity contribution is 0.324. The highest BCUT2D eigenvalue weighted by Gasteiger charge is 2.18. The minimum atomic E-state index is 0.728. The van der Waals surface area contributed by atoms with Crippen LogP contribution in [0.4, 0.5) is 0 Å². The molecule has 0 saturated heterocycles. The van der Waals surface area contributed by atoms with Crippen LogP contribution in [0.2, 0.25) is 0 Å². The summed E-state index contributed by atoms with van der Waals surface area (Å²) in [6, 6.07) is 6.06. The highest BCUT2D eigenvalue weighted by atomic mass is 32.2.